The quantitative estimate of drug-likeness (QED) is 0.585. The van der Waals surface area contributed by atoms with Crippen molar-refractivity contribution in [1.82, 2.24) is 0 Å². The van der Waals surface area contributed by atoms with Crippen molar-refractivity contribution in [3.63, 3.8) is 0 Å². The molecule has 0 spiro atoms. The second-order valence-electron chi connectivity index (χ2n) is 3.91. The maximum absolute atomic E-state index is 11.9. The topological polar surface area (TPSA) is 38.3 Å². The number of carbonyl (C=O) groups is 1. The molecule has 3 nitrogen and oxygen atoms in total. The number of rotatable bonds is 8. The standard InChI is InChI=1S/C14H20ClNO2S/c1-3-18-14(17)13(9-10-19-4-2)16-12-8-6-5-7-11(12)15/h5-8,13,16H,3-4,9-10H2,1-2H3. The predicted molar refractivity (Wildman–Crippen MR) is 83.1 cm³/mol. The molecule has 0 fully saturated rings. The maximum atomic E-state index is 11.9. The van der Waals surface area contributed by atoms with Crippen molar-refractivity contribution in [2.24, 2.45) is 0 Å². The second-order valence-corrected chi connectivity index (χ2v) is 5.72. The van der Waals surface area contributed by atoms with Crippen LogP contribution in [0.2, 0.25) is 5.02 Å². The third-order valence-corrected chi connectivity index (χ3v) is 3.79. The molecule has 0 aliphatic carbocycles. The number of hydrogen-bond donors (Lipinski definition) is 1. The van der Waals surface area contributed by atoms with E-state index in [2.05, 4.69) is 12.2 Å². The Morgan fingerprint density at radius 2 is 2.16 bits per heavy atom. The van der Waals surface area contributed by atoms with Gasteiger partial charge in [-0.3, -0.25) is 0 Å². The Bertz CT molecular complexity index is 401. The Labute approximate surface area is 124 Å². The molecule has 19 heavy (non-hydrogen) atoms. The van der Waals surface area contributed by atoms with E-state index in [1.807, 2.05) is 25.1 Å². The summed E-state index contributed by atoms with van der Waals surface area (Å²) in [6, 6.07) is 7.06. The second kappa shape index (κ2) is 9.10. The minimum Gasteiger partial charge on any atom is -0.464 e. The predicted octanol–water partition coefficient (Wildman–Crippen LogP) is 3.83. The van der Waals surface area contributed by atoms with Gasteiger partial charge in [0.25, 0.3) is 0 Å². The number of esters is 1. The monoisotopic (exact) mass is 301 g/mol. The lowest BCUT2D eigenvalue weighted by molar-refractivity contribution is -0.144. The maximum Gasteiger partial charge on any atom is 0.328 e. The highest BCUT2D eigenvalue weighted by Gasteiger charge is 2.19. The van der Waals surface area contributed by atoms with E-state index < -0.39 is 0 Å². The minimum atomic E-state index is -0.348. The Morgan fingerprint density at radius 1 is 1.42 bits per heavy atom. The van der Waals surface area contributed by atoms with Crippen LogP contribution in [0, 0.1) is 0 Å². The van der Waals surface area contributed by atoms with Gasteiger partial charge in [0.05, 0.1) is 17.3 Å². The zero-order chi connectivity index (χ0) is 14.1. The Morgan fingerprint density at radius 3 is 2.79 bits per heavy atom. The molecular formula is C14H20ClNO2S. The van der Waals surface area contributed by atoms with Crippen LogP contribution in [0.3, 0.4) is 0 Å². The van der Waals surface area contributed by atoms with E-state index >= 15 is 0 Å². The molecule has 1 atom stereocenters. The summed E-state index contributed by atoms with van der Waals surface area (Å²) in [5, 5.41) is 3.78. The lowest BCUT2D eigenvalue weighted by atomic mass is 10.2. The zero-order valence-electron chi connectivity index (χ0n) is 11.3. The van der Waals surface area contributed by atoms with Gasteiger partial charge in [-0.05, 0) is 37.0 Å². The molecule has 0 saturated carbocycles. The van der Waals surface area contributed by atoms with Crippen molar-refractivity contribution in [1.29, 1.82) is 0 Å². The zero-order valence-corrected chi connectivity index (χ0v) is 12.9. The van der Waals surface area contributed by atoms with Gasteiger partial charge in [-0.25, -0.2) is 4.79 Å². The van der Waals surface area contributed by atoms with Gasteiger partial charge in [-0.2, -0.15) is 11.8 Å². The van der Waals surface area contributed by atoms with E-state index in [-0.39, 0.29) is 12.0 Å². The highest BCUT2D eigenvalue weighted by Crippen LogP contribution is 2.22. The fourth-order valence-electron chi connectivity index (χ4n) is 1.60. The van der Waals surface area contributed by atoms with Crippen LogP contribution in [0.25, 0.3) is 0 Å². The van der Waals surface area contributed by atoms with E-state index in [0.717, 1.165) is 23.6 Å². The van der Waals surface area contributed by atoms with Crippen molar-refractivity contribution >= 4 is 35.0 Å². The van der Waals surface area contributed by atoms with Crippen molar-refractivity contribution in [2.75, 3.05) is 23.4 Å². The number of hydrogen-bond acceptors (Lipinski definition) is 4. The molecule has 0 saturated heterocycles. The number of halogens is 1. The summed E-state index contributed by atoms with van der Waals surface area (Å²) in [6.07, 6.45) is 0.725. The molecule has 0 bridgehead atoms. The van der Waals surface area contributed by atoms with Crippen molar-refractivity contribution in [2.45, 2.75) is 26.3 Å². The van der Waals surface area contributed by atoms with Gasteiger partial charge >= 0.3 is 5.97 Å². The first-order chi connectivity index (χ1) is 9.19. The minimum absolute atomic E-state index is 0.223. The van der Waals surface area contributed by atoms with Crippen LogP contribution in [-0.2, 0) is 9.53 Å². The molecule has 106 valence electrons. The molecular weight excluding hydrogens is 282 g/mol. The molecule has 1 aromatic carbocycles. The highest BCUT2D eigenvalue weighted by atomic mass is 35.5. The highest BCUT2D eigenvalue weighted by molar-refractivity contribution is 7.99. The van der Waals surface area contributed by atoms with Crippen molar-refractivity contribution < 1.29 is 9.53 Å². The summed E-state index contributed by atoms with van der Waals surface area (Å²) >= 11 is 7.90. The summed E-state index contributed by atoms with van der Waals surface area (Å²) in [5.41, 5.74) is 0.767. The third kappa shape index (κ3) is 5.74. The molecule has 1 N–H and O–H groups in total. The summed E-state index contributed by atoms with van der Waals surface area (Å²) in [5.74, 6) is 1.73. The van der Waals surface area contributed by atoms with Gasteiger partial charge < -0.3 is 10.1 Å². The number of thioether (sulfide) groups is 1. The smallest absolute Gasteiger partial charge is 0.328 e. The summed E-state index contributed by atoms with van der Waals surface area (Å²) in [4.78, 5) is 11.9. The SMILES string of the molecule is CCOC(=O)C(CCSCC)Nc1ccccc1Cl. The van der Waals surface area contributed by atoms with Crippen LogP contribution in [0.15, 0.2) is 24.3 Å². The average molecular weight is 302 g/mol. The number of ether oxygens (including phenoxy) is 1. The van der Waals surface area contributed by atoms with Gasteiger partial charge in [0, 0.05) is 0 Å². The summed E-state index contributed by atoms with van der Waals surface area (Å²) < 4.78 is 5.09. The van der Waals surface area contributed by atoms with Crippen LogP contribution in [0.4, 0.5) is 5.69 Å². The Kier molecular flexibility index (Phi) is 7.75. The van der Waals surface area contributed by atoms with Gasteiger partial charge in [-0.15, -0.1) is 0 Å². The summed E-state index contributed by atoms with van der Waals surface area (Å²) in [6.45, 7) is 4.30. The largest absolute Gasteiger partial charge is 0.464 e. The molecule has 1 rings (SSSR count). The van der Waals surface area contributed by atoms with Gasteiger partial charge in [0.2, 0.25) is 0 Å². The lowest BCUT2D eigenvalue weighted by Gasteiger charge is -2.18. The van der Waals surface area contributed by atoms with Gasteiger partial charge in [0.15, 0.2) is 0 Å². The van der Waals surface area contributed by atoms with E-state index in [1.165, 1.54) is 0 Å². The lowest BCUT2D eigenvalue weighted by Crippen LogP contribution is -2.32. The molecule has 0 aromatic heterocycles. The number of anilines is 1. The van der Waals surface area contributed by atoms with Crippen LogP contribution < -0.4 is 5.32 Å². The first kappa shape index (κ1) is 16.2. The molecule has 0 radical (unpaired) electrons. The molecule has 0 heterocycles. The van der Waals surface area contributed by atoms with Gasteiger partial charge in [-0.1, -0.05) is 30.7 Å². The number of carbonyl (C=O) groups excluding carboxylic acids is 1. The molecule has 5 heteroatoms. The van der Waals surface area contributed by atoms with Crippen LogP contribution >= 0.6 is 23.4 Å². The third-order valence-electron chi connectivity index (χ3n) is 2.53. The van der Waals surface area contributed by atoms with E-state index in [0.29, 0.717) is 11.6 Å². The van der Waals surface area contributed by atoms with E-state index in [1.54, 1.807) is 17.8 Å². The molecule has 0 amide bonds. The number of nitrogens with one attached hydrogen (secondary N) is 1. The fourth-order valence-corrected chi connectivity index (χ4v) is 2.48. The Balaban J connectivity index is 2.67. The number of para-hydroxylation sites is 1. The van der Waals surface area contributed by atoms with E-state index in [9.17, 15) is 4.79 Å². The first-order valence-corrected chi connectivity index (χ1v) is 7.97. The number of benzene rings is 1. The normalized spacial score (nSPS) is 11.9. The van der Waals surface area contributed by atoms with Crippen LogP contribution in [0.5, 0.6) is 0 Å². The summed E-state index contributed by atoms with van der Waals surface area (Å²) in [7, 11) is 0. The van der Waals surface area contributed by atoms with Crippen LogP contribution in [0.1, 0.15) is 20.3 Å². The van der Waals surface area contributed by atoms with Gasteiger partial charge in [0.1, 0.15) is 6.04 Å². The molecule has 0 aliphatic rings. The Hall–Kier alpha value is -0.870. The van der Waals surface area contributed by atoms with E-state index in [4.69, 9.17) is 16.3 Å². The van der Waals surface area contributed by atoms with Crippen molar-refractivity contribution in [3.05, 3.63) is 29.3 Å². The van der Waals surface area contributed by atoms with Crippen molar-refractivity contribution in [3.8, 4) is 0 Å². The molecule has 1 unspecified atom stereocenters. The molecule has 1 aromatic rings. The van der Waals surface area contributed by atoms with Crippen LogP contribution in [-0.4, -0.2) is 30.1 Å². The average Bonchev–Trinajstić information content (AvgIpc) is 2.40. The first-order valence-electron chi connectivity index (χ1n) is 6.44. The molecule has 0 aliphatic heterocycles. The fraction of sp³-hybridized carbons (Fsp3) is 0.500.